The number of rotatable bonds is 6. The molecule has 0 heterocycles. The van der Waals surface area contributed by atoms with Crippen molar-refractivity contribution >= 4 is 0 Å². The van der Waals surface area contributed by atoms with Crippen molar-refractivity contribution in [2.75, 3.05) is 13.2 Å². The zero-order valence-electron chi connectivity index (χ0n) is 11.4. The van der Waals surface area contributed by atoms with Crippen LogP contribution < -0.4 is 10.1 Å². The molecule has 0 bridgehead atoms. The fourth-order valence-corrected chi connectivity index (χ4v) is 2.50. The number of halogens is 1. The molecule has 1 saturated carbocycles. The van der Waals surface area contributed by atoms with Crippen molar-refractivity contribution in [1.82, 2.24) is 5.32 Å². The Labute approximate surface area is 113 Å². The monoisotopic (exact) mass is 267 g/mol. The maximum Gasteiger partial charge on any atom is 0.165 e. The lowest BCUT2D eigenvalue weighted by Gasteiger charge is -2.27. The minimum absolute atomic E-state index is 0.101. The standard InChI is InChI=1S/C15H22FNO2/c1-15(8-4-5-9-15)17-10-12(18)11-19-14-7-3-2-6-13(14)16/h2-3,6-7,12,17-18H,4-5,8-11H2,1H3. The first-order valence-electron chi connectivity index (χ1n) is 6.89. The van der Waals surface area contributed by atoms with Crippen LogP contribution in [0.25, 0.3) is 0 Å². The lowest BCUT2D eigenvalue weighted by molar-refractivity contribution is 0.0960. The number of ether oxygens (including phenoxy) is 1. The van der Waals surface area contributed by atoms with Gasteiger partial charge in [-0.05, 0) is 31.9 Å². The van der Waals surface area contributed by atoms with Gasteiger partial charge in [0.2, 0.25) is 0 Å². The van der Waals surface area contributed by atoms with E-state index in [1.165, 1.54) is 18.9 Å². The molecule has 1 aromatic carbocycles. The van der Waals surface area contributed by atoms with Gasteiger partial charge in [0.1, 0.15) is 12.7 Å². The molecule has 1 atom stereocenters. The van der Waals surface area contributed by atoms with Crippen LogP contribution in [0, 0.1) is 5.82 Å². The molecule has 2 rings (SSSR count). The molecule has 106 valence electrons. The van der Waals surface area contributed by atoms with Gasteiger partial charge in [-0.3, -0.25) is 0 Å². The molecular formula is C15H22FNO2. The largest absolute Gasteiger partial charge is 0.488 e. The number of para-hydroxylation sites is 1. The van der Waals surface area contributed by atoms with Crippen LogP contribution >= 0.6 is 0 Å². The van der Waals surface area contributed by atoms with Crippen LogP contribution in [0.2, 0.25) is 0 Å². The van der Waals surface area contributed by atoms with Gasteiger partial charge in [0, 0.05) is 12.1 Å². The maximum absolute atomic E-state index is 13.3. The number of hydrogen-bond acceptors (Lipinski definition) is 3. The predicted molar refractivity (Wildman–Crippen MR) is 72.8 cm³/mol. The highest BCUT2D eigenvalue weighted by Crippen LogP contribution is 2.28. The number of hydrogen-bond donors (Lipinski definition) is 2. The molecule has 1 aliphatic carbocycles. The minimum atomic E-state index is -0.628. The molecule has 2 N–H and O–H groups in total. The van der Waals surface area contributed by atoms with Gasteiger partial charge in [0.25, 0.3) is 0 Å². The van der Waals surface area contributed by atoms with Crippen LogP contribution in [0.15, 0.2) is 24.3 Å². The van der Waals surface area contributed by atoms with Gasteiger partial charge in [0.15, 0.2) is 11.6 Å². The lowest BCUT2D eigenvalue weighted by atomic mass is 10.0. The lowest BCUT2D eigenvalue weighted by Crippen LogP contribution is -2.44. The van der Waals surface area contributed by atoms with Crippen LogP contribution in [0.4, 0.5) is 4.39 Å². The normalized spacial score (nSPS) is 19.3. The summed E-state index contributed by atoms with van der Waals surface area (Å²) in [6.07, 6.45) is 4.15. The first-order chi connectivity index (χ1) is 9.09. The minimum Gasteiger partial charge on any atom is -0.488 e. The number of aliphatic hydroxyl groups is 1. The summed E-state index contributed by atoms with van der Waals surface area (Å²) in [5.74, 6) is -0.209. The van der Waals surface area contributed by atoms with Crippen molar-refractivity contribution in [3.8, 4) is 5.75 Å². The van der Waals surface area contributed by atoms with Crippen LogP contribution in [-0.2, 0) is 0 Å². The molecule has 4 heteroatoms. The second kappa shape index (κ2) is 6.35. The summed E-state index contributed by atoms with van der Waals surface area (Å²) in [4.78, 5) is 0. The molecule has 1 aromatic rings. The Morgan fingerprint density at radius 2 is 2.05 bits per heavy atom. The highest BCUT2D eigenvalue weighted by molar-refractivity contribution is 5.23. The highest BCUT2D eigenvalue weighted by Gasteiger charge is 2.28. The van der Waals surface area contributed by atoms with Gasteiger partial charge < -0.3 is 15.2 Å². The van der Waals surface area contributed by atoms with Crippen LogP contribution in [0.5, 0.6) is 5.75 Å². The topological polar surface area (TPSA) is 41.5 Å². The molecule has 0 aromatic heterocycles. The van der Waals surface area contributed by atoms with Crippen LogP contribution in [0.3, 0.4) is 0 Å². The summed E-state index contributed by atoms with van der Waals surface area (Å²) in [6.45, 7) is 2.76. The van der Waals surface area contributed by atoms with E-state index in [0.717, 1.165) is 12.8 Å². The predicted octanol–water partition coefficient (Wildman–Crippen LogP) is 2.49. The quantitative estimate of drug-likeness (QED) is 0.832. The average molecular weight is 267 g/mol. The molecule has 1 aliphatic rings. The molecule has 1 unspecified atom stereocenters. The number of nitrogens with one attached hydrogen (secondary N) is 1. The van der Waals surface area contributed by atoms with Gasteiger partial charge >= 0.3 is 0 Å². The number of aliphatic hydroxyl groups excluding tert-OH is 1. The summed E-state index contributed by atoms with van der Waals surface area (Å²) in [5.41, 5.74) is 0.138. The zero-order chi connectivity index (χ0) is 13.7. The molecule has 0 spiro atoms. The first kappa shape index (κ1) is 14.3. The van der Waals surface area contributed by atoms with E-state index in [9.17, 15) is 9.50 Å². The van der Waals surface area contributed by atoms with Crippen LogP contribution in [-0.4, -0.2) is 29.9 Å². The van der Waals surface area contributed by atoms with Crippen molar-refractivity contribution in [1.29, 1.82) is 0 Å². The second-order valence-corrected chi connectivity index (χ2v) is 5.54. The first-order valence-corrected chi connectivity index (χ1v) is 6.89. The molecule has 1 fully saturated rings. The van der Waals surface area contributed by atoms with Gasteiger partial charge in [-0.25, -0.2) is 4.39 Å². The van der Waals surface area contributed by atoms with Gasteiger partial charge in [-0.15, -0.1) is 0 Å². The van der Waals surface area contributed by atoms with Crippen molar-refractivity contribution in [2.24, 2.45) is 0 Å². The van der Waals surface area contributed by atoms with Crippen molar-refractivity contribution in [3.05, 3.63) is 30.1 Å². The Morgan fingerprint density at radius 1 is 1.37 bits per heavy atom. The highest BCUT2D eigenvalue weighted by atomic mass is 19.1. The van der Waals surface area contributed by atoms with E-state index in [1.54, 1.807) is 18.2 Å². The van der Waals surface area contributed by atoms with E-state index in [0.29, 0.717) is 6.54 Å². The Balaban J connectivity index is 1.73. The third-order valence-electron chi connectivity index (χ3n) is 3.74. The molecule has 0 radical (unpaired) electrons. The Hall–Kier alpha value is -1.13. The van der Waals surface area contributed by atoms with E-state index >= 15 is 0 Å². The zero-order valence-corrected chi connectivity index (χ0v) is 11.4. The Bertz CT molecular complexity index is 405. The SMILES string of the molecule is CC1(NCC(O)COc2ccccc2F)CCCC1. The summed E-state index contributed by atoms with van der Waals surface area (Å²) in [6, 6.07) is 6.23. The maximum atomic E-state index is 13.3. The van der Waals surface area contributed by atoms with E-state index in [2.05, 4.69) is 12.2 Å². The molecule has 3 nitrogen and oxygen atoms in total. The Kier molecular flexibility index (Phi) is 4.77. The van der Waals surface area contributed by atoms with Crippen molar-refractivity contribution in [2.45, 2.75) is 44.2 Å². The van der Waals surface area contributed by atoms with E-state index in [1.807, 2.05) is 0 Å². The Morgan fingerprint density at radius 3 is 2.74 bits per heavy atom. The van der Waals surface area contributed by atoms with Crippen molar-refractivity contribution in [3.63, 3.8) is 0 Å². The number of benzene rings is 1. The van der Waals surface area contributed by atoms with E-state index in [-0.39, 0.29) is 17.9 Å². The third kappa shape index (κ3) is 4.18. The molecule has 19 heavy (non-hydrogen) atoms. The van der Waals surface area contributed by atoms with E-state index < -0.39 is 11.9 Å². The number of β-amino-alcohol motifs (C(OH)–C–C–N with tert-alkyl or cyclic N) is 1. The summed E-state index contributed by atoms with van der Waals surface area (Å²) < 4.78 is 18.6. The molecule has 0 aliphatic heterocycles. The average Bonchev–Trinajstić information content (AvgIpc) is 2.83. The molecule has 0 saturated heterocycles. The summed E-state index contributed by atoms with van der Waals surface area (Å²) >= 11 is 0. The fraction of sp³-hybridized carbons (Fsp3) is 0.600. The summed E-state index contributed by atoms with van der Waals surface area (Å²) in [5, 5.41) is 13.3. The van der Waals surface area contributed by atoms with Gasteiger partial charge in [-0.1, -0.05) is 25.0 Å². The third-order valence-corrected chi connectivity index (χ3v) is 3.74. The van der Waals surface area contributed by atoms with Crippen molar-refractivity contribution < 1.29 is 14.2 Å². The second-order valence-electron chi connectivity index (χ2n) is 5.54. The smallest absolute Gasteiger partial charge is 0.165 e. The van der Waals surface area contributed by atoms with Gasteiger partial charge in [0.05, 0.1) is 0 Å². The molecular weight excluding hydrogens is 245 g/mol. The fourth-order valence-electron chi connectivity index (χ4n) is 2.50. The van der Waals surface area contributed by atoms with Crippen LogP contribution in [0.1, 0.15) is 32.6 Å². The summed E-state index contributed by atoms with van der Waals surface area (Å²) in [7, 11) is 0. The van der Waals surface area contributed by atoms with E-state index in [4.69, 9.17) is 4.74 Å². The molecule has 0 amide bonds. The van der Waals surface area contributed by atoms with Gasteiger partial charge in [-0.2, -0.15) is 0 Å².